The highest BCUT2D eigenvalue weighted by atomic mass is 79.9. The largest absolute Gasteiger partial charge is 1.00 e. The van der Waals surface area contributed by atoms with Gasteiger partial charge in [0.25, 0.3) is 0 Å². The molecule has 0 aliphatic carbocycles. The second-order valence-electron chi connectivity index (χ2n) is 4.28. The van der Waals surface area contributed by atoms with Gasteiger partial charge in [0.2, 0.25) is 0 Å². The van der Waals surface area contributed by atoms with Gasteiger partial charge in [-0.3, -0.25) is 0 Å². The van der Waals surface area contributed by atoms with E-state index in [1.54, 1.807) is 0 Å². The molecular weight excluding hydrogens is 264 g/mol. The molecule has 0 bridgehead atoms. The zero-order valence-corrected chi connectivity index (χ0v) is 10.7. The van der Waals surface area contributed by atoms with Gasteiger partial charge in [0, 0.05) is 13.0 Å². The normalized spacial score (nSPS) is 15.8. The topological polar surface area (TPSA) is 62.1 Å². The molecular formula is C8H15BrN4O2. The molecule has 4 amide bonds. The van der Waals surface area contributed by atoms with Gasteiger partial charge in [-0.15, -0.1) is 0 Å². The molecule has 0 fully saturated rings. The predicted octanol–water partition coefficient (Wildman–Crippen LogP) is -1.91. The van der Waals surface area contributed by atoms with Gasteiger partial charge in [0.15, 0.2) is 0 Å². The van der Waals surface area contributed by atoms with E-state index < -0.39 is 12.1 Å². The van der Waals surface area contributed by atoms with E-state index in [1.807, 2.05) is 0 Å². The third kappa shape index (κ3) is 4.48. The van der Waals surface area contributed by atoms with E-state index in [9.17, 15) is 9.59 Å². The first-order chi connectivity index (χ1) is 6.40. The Morgan fingerprint density at radius 1 is 1.13 bits per heavy atom. The Morgan fingerprint density at radius 3 is 2.00 bits per heavy atom. The first kappa shape index (κ1) is 14.2. The Bertz CT molecular complexity index is 267. The van der Waals surface area contributed by atoms with Crippen LogP contribution in [0.5, 0.6) is 0 Å². The fraction of sp³-hybridized carbons (Fsp3) is 0.750. The van der Waals surface area contributed by atoms with Crippen LogP contribution >= 0.6 is 0 Å². The fourth-order valence-corrected chi connectivity index (χ4v) is 1.17. The van der Waals surface area contributed by atoms with Gasteiger partial charge in [-0.1, -0.05) is 10.2 Å². The van der Waals surface area contributed by atoms with E-state index in [1.165, 1.54) is 0 Å². The standard InChI is InChI=1S/C8H15N4O2.BrH/c1-12(2,3)6-4-5-11-7(13)9-10-8(11)14;/h4-6H2,1-3H3;1H/q+1;/p-1. The Balaban J connectivity index is 0.00000196. The van der Waals surface area contributed by atoms with E-state index in [-0.39, 0.29) is 17.0 Å². The SMILES string of the molecule is C[N+](C)(C)CCCN1C(=O)N=NC1=O.[Br-]. The molecule has 0 unspecified atom stereocenters. The number of azo groups is 1. The number of hydrogen-bond donors (Lipinski definition) is 0. The number of rotatable bonds is 4. The van der Waals surface area contributed by atoms with Crippen molar-refractivity contribution in [2.75, 3.05) is 34.2 Å². The molecule has 86 valence electrons. The number of quaternary nitrogens is 1. The lowest BCUT2D eigenvalue weighted by Crippen LogP contribution is -3.00. The van der Waals surface area contributed by atoms with Crippen LogP contribution in [0.4, 0.5) is 9.59 Å². The van der Waals surface area contributed by atoms with Crippen molar-refractivity contribution in [3.8, 4) is 0 Å². The van der Waals surface area contributed by atoms with Crippen molar-refractivity contribution in [3.63, 3.8) is 0 Å². The summed E-state index contributed by atoms with van der Waals surface area (Å²) < 4.78 is 0.810. The van der Waals surface area contributed by atoms with Gasteiger partial charge >= 0.3 is 12.1 Å². The maximum absolute atomic E-state index is 11.0. The summed E-state index contributed by atoms with van der Waals surface area (Å²) in [7, 11) is 6.17. The van der Waals surface area contributed by atoms with Crippen LogP contribution < -0.4 is 17.0 Å². The molecule has 0 saturated carbocycles. The first-order valence-electron chi connectivity index (χ1n) is 4.48. The first-order valence-corrected chi connectivity index (χ1v) is 4.48. The van der Waals surface area contributed by atoms with Crippen LogP contribution in [0.2, 0.25) is 0 Å². The van der Waals surface area contributed by atoms with Crippen LogP contribution in [-0.2, 0) is 0 Å². The monoisotopic (exact) mass is 278 g/mol. The molecule has 0 aromatic heterocycles. The van der Waals surface area contributed by atoms with E-state index in [4.69, 9.17) is 0 Å². The van der Waals surface area contributed by atoms with Crippen LogP contribution in [0.1, 0.15) is 6.42 Å². The number of halogens is 1. The molecule has 7 heteroatoms. The number of hydrogen-bond acceptors (Lipinski definition) is 2. The predicted molar refractivity (Wildman–Crippen MR) is 49.9 cm³/mol. The van der Waals surface area contributed by atoms with Gasteiger partial charge < -0.3 is 21.5 Å². The minimum atomic E-state index is -0.545. The molecule has 15 heavy (non-hydrogen) atoms. The summed E-state index contributed by atoms with van der Waals surface area (Å²) in [6.07, 6.45) is 0.770. The number of carbonyl (C=O) groups is 2. The summed E-state index contributed by atoms with van der Waals surface area (Å²) >= 11 is 0. The number of amides is 4. The molecule has 1 aliphatic rings. The molecule has 1 rings (SSSR count). The Hall–Kier alpha value is -0.820. The van der Waals surface area contributed by atoms with Crippen LogP contribution in [0.15, 0.2) is 10.2 Å². The quantitative estimate of drug-likeness (QED) is 0.564. The number of urea groups is 2. The van der Waals surface area contributed by atoms with Gasteiger partial charge in [-0.05, 0) is 0 Å². The van der Waals surface area contributed by atoms with Crippen LogP contribution in [0, 0.1) is 0 Å². The molecule has 1 aliphatic heterocycles. The lowest BCUT2D eigenvalue weighted by atomic mass is 10.3. The summed E-state index contributed by atoms with van der Waals surface area (Å²) in [5.41, 5.74) is 0. The smallest absolute Gasteiger partial charge is 0.370 e. The molecule has 6 nitrogen and oxygen atoms in total. The van der Waals surface area contributed by atoms with E-state index in [2.05, 4.69) is 31.4 Å². The maximum atomic E-state index is 11.0. The average Bonchev–Trinajstić information content (AvgIpc) is 2.33. The van der Waals surface area contributed by atoms with Crippen molar-refractivity contribution in [2.24, 2.45) is 10.2 Å². The minimum absolute atomic E-state index is 0. The highest BCUT2D eigenvalue weighted by Crippen LogP contribution is 2.08. The Kier molecular flexibility index (Phi) is 5.02. The molecule has 1 heterocycles. The third-order valence-corrected chi connectivity index (χ3v) is 1.89. The Labute approximate surface area is 99.3 Å². The lowest BCUT2D eigenvalue weighted by molar-refractivity contribution is -0.870. The van der Waals surface area contributed by atoms with Crippen molar-refractivity contribution in [1.29, 1.82) is 0 Å². The van der Waals surface area contributed by atoms with Crippen LogP contribution in [-0.4, -0.2) is 55.7 Å². The van der Waals surface area contributed by atoms with Crippen molar-refractivity contribution in [3.05, 3.63) is 0 Å². The Morgan fingerprint density at radius 2 is 1.60 bits per heavy atom. The second kappa shape index (κ2) is 5.32. The zero-order chi connectivity index (χ0) is 10.8. The van der Waals surface area contributed by atoms with Gasteiger partial charge in [-0.2, -0.15) is 0 Å². The summed E-state index contributed by atoms with van der Waals surface area (Å²) in [4.78, 5) is 23.0. The fourth-order valence-electron chi connectivity index (χ4n) is 1.17. The summed E-state index contributed by atoms with van der Waals surface area (Å²) in [5, 5.41) is 6.34. The van der Waals surface area contributed by atoms with Gasteiger partial charge in [0.05, 0.1) is 27.7 Å². The summed E-state index contributed by atoms with van der Waals surface area (Å²) in [5.74, 6) is 0. The number of imide groups is 1. The molecule has 0 radical (unpaired) electrons. The number of nitrogens with zero attached hydrogens (tertiary/aromatic N) is 4. The molecule has 0 aromatic rings. The van der Waals surface area contributed by atoms with Crippen molar-refractivity contribution >= 4 is 12.1 Å². The third-order valence-electron chi connectivity index (χ3n) is 1.89. The van der Waals surface area contributed by atoms with E-state index >= 15 is 0 Å². The van der Waals surface area contributed by atoms with E-state index in [0.717, 1.165) is 22.3 Å². The second-order valence-corrected chi connectivity index (χ2v) is 4.28. The van der Waals surface area contributed by atoms with Gasteiger partial charge in [0.1, 0.15) is 0 Å². The maximum Gasteiger partial charge on any atom is 0.370 e. The zero-order valence-electron chi connectivity index (χ0n) is 9.10. The van der Waals surface area contributed by atoms with Crippen molar-refractivity contribution in [1.82, 2.24) is 4.90 Å². The molecule has 0 N–H and O–H groups in total. The highest BCUT2D eigenvalue weighted by Gasteiger charge is 2.27. The average molecular weight is 279 g/mol. The number of carbonyl (C=O) groups excluding carboxylic acids is 2. The van der Waals surface area contributed by atoms with Crippen molar-refractivity contribution in [2.45, 2.75) is 6.42 Å². The highest BCUT2D eigenvalue weighted by molar-refractivity contribution is 5.98. The van der Waals surface area contributed by atoms with E-state index in [0.29, 0.717) is 6.54 Å². The van der Waals surface area contributed by atoms with Crippen LogP contribution in [0.3, 0.4) is 0 Å². The minimum Gasteiger partial charge on any atom is -1.00 e. The van der Waals surface area contributed by atoms with Crippen molar-refractivity contribution < 1.29 is 31.1 Å². The van der Waals surface area contributed by atoms with Gasteiger partial charge in [-0.25, -0.2) is 14.5 Å². The molecule has 0 saturated heterocycles. The molecule has 0 aromatic carbocycles. The summed E-state index contributed by atoms with van der Waals surface area (Å²) in [6.45, 7) is 1.30. The molecule has 0 atom stereocenters. The molecule has 0 spiro atoms. The lowest BCUT2D eigenvalue weighted by Gasteiger charge is -2.24. The summed E-state index contributed by atoms with van der Waals surface area (Å²) in [6, 6.07) is -1.09. The van der Waals surface area contributed by atoms with Crippen LogP contribution in [0.25, 0.3) is 0 Å².